The quantitative estimate of drug-likeness (QED) is 0.803. The van der Waals surface area contributed by atoms with Crippen LogP contribution in [0.2, 0.25) is 0 Å². The lowest BCUT2D eigenvalue weighted by molar-refractivity contribution is -0.133. The van der Waals surface area contributed by atoms with Gasteiger partial charge in [-0.2, -0.15) is 0 Å². The number of hydrogen-bond acceptors (Lipinski definition) is 4. The fourth-order valence-electron chi connectivity index (χ4n) is 2.15. The molecule has 0 amide bonds. The summed E-state index contributed by atoms with van der Waals surface area (Å²) >= 11 is 1.25. The Hall–Kier alpha value is -1.04. The van der Waals surface area contributed by atoms with Gasteiger partial charge in [0.2, 0.25) is 0 Å². The van der Waals surface area contributed by atoms with Gasteiger partial charge in [0, 0.05) is 12.5 Å². The van der Waals surface area contributed by atoms with Gasteiger partial charge < -0.3 is 9.67 Å². The van der Waals surface area contributed by atoms with Gasteiger partial charge >= 0.3 is 5.97 Å². The van der Waals surface area contributed by atoms with Gasteiger partial charge in [-0.15, -0.1) is 10.2 Å². The molecule has 1 saturated carbocycles. The minimum Gasteiger partial charge on any atom is -0.481 e. The van der Waals surface area contributed by atoms with Crippen molar-refractivity contribution in [3.8, 4) is 0 Å². The van der Waals surface area contributed by atoms with Crippen LogP contribution in [0.4, 0.5) is 0 Å². The zero-order chi connectivity index (χ0) is 13.1. The number of carboxylic acids is 1. The summed E-state index contributed by atoms with van der Waals surface area (Å²) in [7, 11) is 0. The fourth-order valence-corrected chi connectivity index (χ4v) is 2.95. The van der Waals surface area contributed by atoms with Crippen LogP contribution >= 0.6 is 11.8 Å². The fraction of sp³-hybridized carbons (Fsp3) is 0.750. The van der Waals surface area contributed by atoms with Crippen LogP contribution in [0.5, 0.6) is 0 Å². The molecular weight excluding hydrogens is 250 g/mol. The predicted molar refractivity (Wildman–Crippen MR) is 69.8 cm³/mol. The maximum absolute atomic E-state index is 10.6. The molecule has 0 atom stereocenters. The van der Waals surface area contributed by atoms with Crippen molar-refractivity contribution in [1.82, 2.24) is 14.8 Å². The average molecular weight is 269 g/mol. The smallest absolute Gasteiger partial charge is 0.313 e. The monoisotopic (exact) mass is 269 g/mol. The molecule has 0 spiro atoms. The SMILES string of the molecule is CC(C)n1c(CC2CCC2)nnc1SCC(=O)O. The highest BCUT2D eigenvalue weighted by molar-refractivity contribution is 7.99. The van der Waals surface area contributed by atoms with E-state index in [9.17, 15) is 4.79 Å². The molecule has 5 nitrogen and oxygen atoms in total. The van der Waals surface area contributed by atoms with E-state index in [1.165, 1.54) is 31.0 Å². The summed E-state index contributed by atoms with van der Waals surface area (Å²) in [6, 6.07) is 0.270. The Bertz CT molecular complexity index is 427. The molecule has 0 unspecified atom stereocenters. The van der Waals surface area contributed by atoms with Crippen LogP contribution < -0.4 is 0 Å². The van der Waals surface area contributed by atoms with Gasteiger partial charge in [0.05, 0.1) is 5.75 Å². The summed E-state index contributed by atoms with van der Waals surface area (Å²) in [6.07, 6.45) is 4.85. The molecule has 1 N–H and O–H groups in total. The van der Waals surface area contributed by atoms with Crippen LogP contribution in [0.15, 0.2) is 5.16 Å². The zero-order valence-corrected chi connectivity index (χ0v) is 11.6. The van der Waals surface area contributed by atoms with E-state index < -0.39 is 5.97 Å². The van der Waals surface area contributed by atoms with Crippen molar-refractivity contribution in [1.29, 1.82) is 0 Å². The second-order valence-electron chi connectivity index (χ2n) is 5.05. The minimum atomic E-state index is -0.821. The summed E-state index contributed by atoms with van der Waals surface area (Å²) in [5.41, 5.74) is 0. The van der Waals surface area contributed by atoms with Crippen molar-refractivity contribution >= 4 is 17.7 Å². The van der Waals surface area contributed by atoms with Gasteiger partial charge in [-0.05, 0) is 19.8 Å². The summed E-state index contributed by atoms with van der Waals surface area (Å²) < 4.78 is 2.08. The summed E-state index contributed by atoms with van der Waals surface area (Å²) in [5, 5.41) is 17.8. The van der Waals surface area contributed by atoms with Crippen molar-refractivity contribution in [2.45, 2.75) is 50.7 Å². The van der Waals surface area contributed by atoms with Crippen LogP contribution in [-0.2, 0) is 11.2 Å². The van der Waals surface area contributed by atoms with Crippen molar-refractivity contribution in [2.24, 2.45) is 5.92 Å². The maximum Gasteiger partial charge on any atom is 0.313 e. The lowest BCUT2D eigenvalue weighted by Gasteiger charge is -2.25. The first-order valence-corrected chi connectivity index (χ1v) is 7.35. The predicted octanol–water partition coefficient (Wildman–Crippen LogP) is 2.38. The third kappa shape index (κ3) is 3.04. The normalized spacial score (nSPS) is 15.9. The van der Waals surface area contributed by atoms with E-state index in [1.54, 1.807) is 0 Å². The van der Waals surface area contributed by atoms with Gasteiger partial charge in [0.1, 0.15) is 5.82 Å². The van der Waals surface area contributed by atoms with Gasteiger partial charge in [-0.1, -0.05) is 31.0 Å². The molecule has 6 heteroatoms. The van der Waals surface area contributed by atoms with E-state index in [1.807, 2.05) is 0 Å². The number of aromatic nitrogens is 3. The molecule has 1 aliphatic rings. The second-order valence-corrected chi connectivity index (χ2v) is 5.99. The van der Waals surface area contributed by atoms with Crippen molar-refractivity contribution in [2.75, 3.05) is 5.75 Å². The largest absolute Gasteiger partial charge is 0.481 e. The molecule has 0 bridgehead atoms. The molecule has 2 rings (SSSR count). The Kier molecular flexibility index (Phi) is 4.27. The van der Waals surface area contributed by atoms with Gasteiger partial charge in [0.25, 0.3) is 0 Å². The van der Waals surface area contributed by atoms with E-state index in [-0.39, 0.29) is 11.8 Å². The third-order valence-corrected chi connectivity index (χ3v) is 4.20. The van der Waals surface area contributed by atoms with Crippen LogP contribution in [0.25, 0.3) is 0 Å². The van der Waals surface area contributed by atoms with Gasteiger partial charge in [-0.25, -0.2) is 0 Å². The molecule has 1 heterocycles. The number of rotatable bonds is 6. The third-order valence-electron chi connectivity index (χ3n) is 3.27. The highest BCUT2D eigenvalue weighted by Crippen LogP contribution is 2.31. The highest BCUT2D eigenvalue weighted by Gasteiger charge is 2.23. The van der Waals surface area contributed by atoms with Crippen molar-refractivity contribution in [3.63, 3.8) is 0 Å². The van der Waals surface area contributed by atoms with Crippen LogP contribution in [0.3, 0.4) is 0 Å². The molecular formula is C12H19N3O2S. The van der Waals surface area contributed by atoms with Crippen molar-refractivity contribution in [3.05, 3.63) is 5.82 Å². The number of carboxylic acid groups (broad SMARTS) is 1. The lowest BCUT2D eigenvalue weighted by atomic mass is 9.83. The first-order chi connectivity index (χ1) is 8.58. The summed E-state index contributed by atoms with van der Waals surface area (Å²) in [4.78, 5) is 10.6. The van der Waals surface area contributed by atoms with E-state index in [0.717, 1.165) is 23.3 Å². The average Bonchev–Trinajstić information content (AvgIpc) is 2.63. The first kappa shape index (κ1) is 13.4. The van der Waals surface area contributed by atoms with E-state index in [4.69, 9.17) is 5.11 Å². The first-order valence-electron chi connectivity index (χ1n) is 6.36. The molecule has 1 aliphatic carbocycles. The number of nitrogens with zero attached hydrogens (tertiary/aromatic N) is 3. The summed E-state index contributed by atoms with van der Waals surface area (Å²) in [6.45, 7) is 4.16. The van der Waals surface area contributed by atoms with Crippen LogP contribution in [-0.4, -0.2) is 31.6 Å². The molecule has 0 radical (unpaired) electrons. The molecule has 1 fully saturated rings. The standard InChI is InChI=1S/C12H19N3O2S/c1-8(2)15-10(6-9-4-3-5-9)13-14-12(15)18-7-11(16)17/h8-9H,3-7H2,1-2H3,(H,16,17). The Morgan fingerprint density at radius 1 is 1.50 bits per heavy atom. The molecule has 18 heavy (non-hydrogen) atoms. The molecule has 100 valence electrons. The maximum atomic E-state index is 10.6. The van der Waals surface area contributed by atoms with E-state index >= 15 is 0 Å². The van der Waals surface area contributed by atoms with E-state index in [0.29, 0.717) is 0 Å². The van der Waals surface area contributed by atoms with Crippen LogP contribution in [0.1, 0.15) is 45.0 Å². The Balaban J connectivity index is 2.11. The van der Waals surface area contributed by atoms with E-state index in [2.05, 4.69) is 28.6 Å². The topological polar surface area (TPSA) is 68.0 Å². The minimum absolute atomic E-state index is 0.0360. The Labute approximate surface area is 111 Å². The molecule has 0 aromatic carbocycles. The van der Waals surface area contributed by atoms with Gasteiger partial charge in [0.15, 0.2) is 5.16 Å². The lowest BCUT2D eigenvalue weighted by Crippen LogP contribution is -2.18. The Morgan fingerprint density at radius 2 is 2.22 bits per heavy atom. The molecule has 0 saturated heterocycles. The number of aliphatic carboxylic acids is 1. The Morgan fingerprint density at radius 3 is 2.72 bits per heavy atom. The second kappa shape index (κ2) is 5.73. The summed E-state index contributed by atoms with van der Waals surface area (Å²) in [5.74, 6) is 0.958. The number of hydrogen-bond donors (Lipinski definition) is 1. The number of thioether (sulfide) groups is 1. The van der Waals surface area contributed by atoms with Crippen LogP contribution in [0, 0.1) is 5.92 Å². The molecule has 1 aromatic rings. The van der Waals surface area contributed by atoms with Gasteiger partial charge in [-0.3, -0.25) is 4.79 Å². The zero-order valence-electron chi connectivity index (χ0n) is 10.8. The van der Waals surface area contributed by atoms with Crippen molar-refractivity contribution < 1.29 is 9.90 Å². The number of carbonyl (C=O) groups is 1. The highest BCUT2D eigenvalue weighted by atomic mass is 32.2. The molecule has 1 aromatic heterocycles. The molecule has 0 aliphatic heterocycles.